The first-order chi connectivity index (χ1) is 17.3. The van der Waals surface area contributed by atoms with Crippen LogP contribution in [0.4, 0.5) is 22.1 Å². The van der Waals surface area contributed by atoms with E-state index in [1.54, 1.807) is 30.3 Å². The van der Waals surface area contributed by atoms with E-state index in [0.29, 0.717) is 50.5 Å². The van der Waals surface area contributed by atoms with Gasteiger partial charge in [-0.15, -0.1) is 0 Å². The Hall–Kier alpha value is -3.90. The van der Waals surface area contributed by atoms with Crippen molar-refractivity contribution in [2.45, 2.75) is 38.1 Å². The van der Waals surface area contributed by atoms with Crippen LogP contribution in [0.1, 0.15) is 42.6 Å². The summed E-state index contributed by atoms with van der Waals surface area (Å²) < 4.78 is 1.63. The fourth-order valence-electron chi connectivity index (χ4n) is 5.63. The number of primary amides is 1. The Morgan fingerprint density at radius 2 is 1.92 bits per heavy atom. The monoisotopic (exact) mass is 497 g/mol. The molecule has 1 spiro atoms. The third-order valence-electron chi connectivity index (χ3n) is 7.66. The summed E-state index contributed by atoms with van der Waals surface area (Å²) in [5.74, 6) is 0.330. The van der Waals surface area contributed by atoms with E-state index >= 15 is 0 Å². The molecule has 3 amide bonds. The van der Waals surface area contributed by atoms with Crippen LogP contribution < -0.4 is 16.0 Å². The molecule has 1 atom stereocenters. The minimum absolute atomic E-state index is 0.0375. The van der Waals surface area contributed by atoms with Crippen LogP contribution >= 0.6 is 0 Å². The number of hydrogen-bond acceptors (Lipinski definition) is 8. The summed E-state index contributed by atoms with van der Waals surface area (Å²) in [5.41, 5.74) is 5.77. The van der Waals surface area contributed by atoms with Crippen LogP contribution in [-0.2, 0) is 11.8 Å². The van der Waals surface area contributed by atoms with Crippen LogP contribution in [0.25, 0.3) is 0 Å². The van der Waals surface area contributed by atoms with Crippen molar-refractivity contribution in [1.29, 1.82) is 0 Å². The van der Waals surface area contributed by atoms with Gasteiger partial charge in [0.25, 0.3) is 5.91 Å². The molecule has 3 fully saturated rings. The Kier molecular flexibility index (Phi) is 6.14. The largest absolute Gasteiger partial charge is 0.465 e. The first kappa shape index (κ1) is 23.8. The molecule has 0 saturated carbocycles. The number of nitrogens with one attached hydrogen (secondary N) is 1. The van der Waals surface area contributed by atoms with E-state index < -0.39 is 17.4 Å². The smallest absolute Gasteiger partial charge is 0.407 e. The van der Waals surface area contributed by atoms with Crippen LogP contribution in [0.2, 0.25) is 0 Å². The molecule has 2 aromatic rings. The van der Waals surface area contributed by atoms with Crippen molar-refractivity contribution in [3.8, 4) is 0 Å². The summed E-state index contributed by atoms with van der Waals surface area (Å²) >= 11 is 0. The average molecular weight is 498 g/mol. The highest BCUT2D eigenvalue weighted by Crippen LogP contribution is 2.43. The molecule has 1 unspecified atom stereocenters. The van der Waals surface area contributed by atoms with E-state index in [2.05, 4.69) is 25.3 Å². The van der Waals surface area contributed by atoms with E-state index in [4.69, 9.17) is 5.73 Å². The van der Waals surface area contributed by atoms with Gasteiger partial charge in [-0.1, -0.05) is 0 Å². The van der Waals surface area contributed by atoms with Gasteiger partial charge in [-0.3, -0.25) is 14.3 Å². The summed E-state index contributed by atoms with van der Waals surface area (Å²) in [5, 5.41) is 16.5. The summed E-state index contributed by atoms with van der Waals surface area (Å²) in [6.07, 6.45) is 7.71. The van der Waals surface area contributed by atoms with E-state index in [0.717, 1.165) is 25.8 Å². The number of carboxylic acid groups (broad SMARTS) is 1. The van der Waals surface area contributed by atoms with Crippen molar-refractivity contribution < 1.29 is 19.5 Å². The molecule has 3 aliphatic rings. The zero-order chi connectivity index (χ0) is 25.4. The van der Waals surface area contributed by atoms with E-state index in [1.807, 2.05) is 4.90 Å². The zero-order valence-corrected chi connectivity index (χ0v) is 20.3. The molecule has 36 heavy (non-hydrogen) atoms. The third kappa shape index (κ3) is 4.40. The lowest BCUT2D eigenvalue weighted by Gasteiger charge is -2.40. The molecule has 0 aromatic carbocycles. The van der Waals surface area contributed by atoms with Crippen LogP contribution in [0, 0.1) is 5.41 Å². The summed E-state index contributed by atoms with van der Waals surface area (Å²) in [6, 6.07) is 0.0375. The van der Waals surface area contributed by atoms with Crippen LogP contribution in [0.15, 0.2) is 18.6 Å². The SMILES string of the molecule is Cn1cc(Nc2nc(N3CCCC(N4CCC5(CCN(C(=O)O)CC5)C4=O)C3)cnc2C(N)=O)cn1. The number of anilines is 3. The molecule has 0 aliphatic carbocycles. The number of aryl methyl sites for hydroxylation is 1. The fourth-order valence-corrected chi connectivity index (χ4v) is 5.63. The second kappa shape index (κ2) is 9.28. The van der Waals surface area contributed by atoms with Crippen LogP contribution in [0.5, 0.6) is 0 Å². The van der Waals surface area contributed by atoms with Crippen LogP contribution in [0.3, 0.4) is 0 Å². The maximum absolute atomic E-state index is 13.5. The molecule has 3 aliphatic heterocycles. The van der Waals surface area contributed by atoms with Crippen molar-refractivity contribution in [2.24, 2.45) is 18.2 Å². The maximum atomic E-state index is 13.5. The standard InChI is InChI=1S/C23H31N9O4/c1-29-13-15(11-26-29)27-20-18(19(24)33)25-12-17(28-20)31-7-2-3-16(14-31)32-10-6-23(21(32)34)4-8-30(9-5-23)22(35)36/h11-13,16H,2-10,14H2,1H3,(H2,24,33)(H,27,28)(H,35,36). The maximum Gasteiger partial charge on any atom is 0.407 e. The number of hydrogen-bond donors (Lipinski definition) is 3. The molecule has 5 rings (SSSR count). The lowest BCUT2D eigenvalue weighted by atomic mass is 9.77. The Bertz CT molecular complexity index is 1170. The average Bonchev–Trinajstić information content (AvgIpc) is 3.42. The number of piperidine rings is 2. The van der Waals surface area contributed by atoms with Gasteiger partial charge in [0.1, 0.15) is 5.82 Å². The minimum Gasteiger partial charge on any atom is -0.465 e. The number of amides is 3. The second-order valence-corrected chi connectivity index (χ2v) is 9.86. The van der Waals surface area contributed by atoms with Crippen molar-refractivity contribution in [3.63, 3.8) is 0 Å². The molecule has 13 heteroatoms. The molecular formula is C23H31N9O4. The molecule has 192 valence electrons. The highest BCUT2D eigenvalue weighted by molar-refractivity contribution is 5.96. The van der Waals surface area contributed by atoms with Gasteiger partial charge in [0.15, 0.2) is 11.5 Å². The number of likely N-dealkylation sites (tertiary alicyclic amines) is 2. The van der Waals surface area contributed by atoms with Gasteiger partial charge in [0.2, 0.25) is 5.91 Å². The Morgan fingerprint density at radius 3 is 2.58 bits per heavy atom. The van der Waals surface area contributed by atoms with Gasteiger partial charge in [-0.2, -0.15) is 5.10 Å². The topological polar surface area (TPSA) is 163 Å². The summed E-state index contributed by atoms with van der Waals surface area (Å²) in [6.45, 7) is 2.86. The lowest BCUT2D eigenvalue weighted by Crippen LogP contribution is -2.52. The van der Waals surface area contributed by atoms with Crippen molar-refractivity contribution >= 4 is 35.2 Å². The number of nitrogens with two attached hydrogens (primary N) is 1. The van der Waals surface area contributed by atoms with Gasteiger partial charge < -0.3 is 30.9 Å². The quantitative estimate of drug-likeness (QED) is 0.547. The zero-order valence-electron chi connectivity index (χ0n) is 20.3. The number of nitrogens with zero attached hydrogens (tertiary/aromatic N) is 7. The molecule has 13 nitrogen and oxygen atoms in total. The van der Waals surface area contributed by atoms with E-state index in [1.165, 1.54) is 4.90 Å². The van der Waals surface area contributed by atoms with E-state index in [9.17, 15) is 19.5 Å². The van der Waals surface area contributed by atoms with Gasteiger partial charge in [0, 0.05) is 52.0 Å². The first-order valence-corrected chi connectivity index (χ1v) is 12.2. The molecule has 0 bridgehead atoms. The predicted octanol–water partition coefficient (Wildman–Crippen LogP) is 1.01. The highest BCUT2D eigenvalue weighted by Gasteiger charge is 2.50. The molecule has 5 heterocycles. The number of carbonyl (C=O) groups excluding carboxylic acids is 2. The van der Waals surface area contributed by atoms with Gasteiger partial charge in [-0.25, -0.2) is 14.8 Å². The summed E-state index contributed by atoms with van der Waals surface area (Å²) in [7, 11) is 1.79. The van der Waals surface area contributed by atoms with Gasteiger partial charge in [0.05, 0.1) is 23.5 Å². The normalized spacial score (nSPS) is 21.8. The van der Waals surface area contributed by atoms with Gasteiger partial charge in [-0.05, 0) is 32.1 Å². The number of rotatable bonds is 5. The predicted molar refractivity (Wildman–Crippen MR) is 130 cm³/mol. The number of carbonyl (C=O) groups is 3. The number of aromatic nitrogens is 4. The Labute approximate surface area is 208 Å². The van der Waals surface area contributed by atoms with Crippen molar-refractivity contribution in [2.75, 3.05) is 42.9 Å². The summed E-state index contributed by atoms with van der Waals surface area (Å²) in [4.78, 5) is 51.2. The van der Waals surface area contributed by atoms with Crippen LogP contribution in [-0.4, -0.2) is 91.3 Å². The highest BCUT2D eigenvalue weighted by atomic mass is 16.4. The second-order valence-electron chi connectivity index (χ2n) is 9.86. The molecule has 2 aromatic heterocycles. The third-order valence-corrected chi connectivity index (χ3v) is 7.66. The van der Waals surface area contributed by atoms with Gasteiger partial charge >= 0.3 is 6.09 Å². The van der Waals surface area contributed by atoms with Crippen molar-refractivity contribution in [3.05, 3.63) is 24.3 Å². The lowest BCUT2D eigenvalue weighted by molar-refractivity contribution is -0.140. The molecule has 0 radical (unpaired) electrons. The molecular weight excluding hydrogens is 466 g/mol. The van der Waals surface area contributed by atoms with Crippen molar-refractivity contribution in [1.82, 2.24) is 29.5 Å². The fraction of sp³-hybridized carbons (Fsp3) is 0.565. The first-order valence-electron chi connectivity index (χ1n) is 12.2. The molecule has 4 N–H and O–H groups in total. The van der Waals surface area contributed by atoms with E-state index in [-0.39, 0.29) is 23.5 Å². The Balaban J connectivity index is 1.30. The Morgan fingerprint density at radius 1 is 1.17 bits per heavy atom. The molecule has 3 saturated heterocycles. The minimum atomic E-state index is -0.920.